The van der Waals surface area contributed by atoms with Crippen LogP contribution in [0.3, 0.4) is 0 Å². The van der Waals surface area contributed by atoms with Gasteiger partial charge in [0.15, 0.2) is 5.76 Å². The highest BCUT2D eigenvalue weighted by molar-refractivity contribution is 9.10. The SMILES string of the molecule is O=C(CNC(=O)c1ccc(Cn2cc(Br)cn2)o1)NCCN1CCOCC1. The summed E-state index contributed by atoms with van der Waals surface area (Å²) in [7, 11) is 0. The number of morpholine rings is 1. The zero-order valence-electron chi connectivity index (χ0n) is 14.8. The molecule has 0 saturated carbocycles. The van der Waals surface area contributed by atoms with Gasteiger partial charge in [-0.25, -0.2) is 0 Å². The summed E-state index contributed by atoms with van der Waals surface area (Å²) in [4.78, 5) is 26.2. The van der Waals surface area contributed by atoms with E-state index >= 15 is 0 Å². The number of ether oxygens (including phenoxy) is 1. The Balaban J connectivity index is 1.36. The second-order valence-corrected chi connectivity index (χ2v) is 7.02. The van der Waals surface area contributed by atoms with E-state index in [-0.39, 0.29) is 18.2 Å². The number of furan rings is 1. The molecule has 1 aliphatic rings. The van der Waals surface area contributed by atoms with Crippen molar-refractivity contribution in [2.45, 2.75) is 6.54 Å². The molecule has 0 unspecified atom stereocenters. The molecular formula is C17H22BrN5O4. The van der Waals surface area contributed by atoms with E-state index < -0.39 is 5.91 Å². The third-order valence-electron chi connectivity index (χ3n) is 4.07. The molecule has 2 aromatic rings. The molecule has 2 amide bonds. The van der Waals surface area contributed by atoms with E-state index in [1.807, 2.05) is 6.20 Å². The smallest absolute Gasteiger partial charge is 0.287 e. The molecule has 3 heterocycles. The maximum absolute atomic E-state index is 12.1. The summed E-state index contributed by atoms with van der Waals surface area (Å²) >= 11 is 3.32. The van der Waals surface area contributed by atoms with Gasteiger partial charge in [0.1, 0.15) is 5.76 Å². The van der Waals surface area contributed by atoms with Gasteiger partial charge < -0.3 is 19.8 Å². The third kappa shape index (κ3) is 6.19. The van der Waals surface area contributed by atoms with Crippen LogP contribution in [-0.2, 0) is 16.1 Å². The van der Waals surface area contributed by atoms with E-state index in [4.69, 9.17) is 9.15 Å². The van der Waals surface area contributed by atoms with Gasteiger partial charge in [0.2, 0.25) is 5.91 Å². The number of aromatic nitrogens is 2. The molecule has 0 aromatic carbocycles. The molecule has 0 spiro atoms. The van der Waals surface area contributed by atoms with E-state index in [2.05, 4.69) is 36.6 Å². The Kier molecular flexibility index (Phi) is 7.02. The lowest BCUT2D eigenvalue weighted by molar-refractivity contribution is -0.120. The maximum Gasteiger partial charge on any atom is 0.287 e. The molecular weight excluding hydrogens is 418 g/mol. The molecule has 146 valence electrons. The predicted octanol–water partition coefficient (Wildman–Crippen LogP) is 0.465. The largest absolute Gasteiger partial charge is 0.454 e. The van der Waals surface area contributed by atoms with Crippen molar-refractivity contribution >= 4 is 27.7 Å². The number of hydrogen-bond acceptors (Lipinski definition) is 6. The predicted molar refractivity (Wildman–Crippen MR) is 100 cm³/mol. The molecule has 0 radical (unpaired) electrons. The van der Waals surface area contributed by atoms with Gasteiger partial charge in [-0.1, -0.05) is 0 Å². The van der Waals surface area contributed by atoms with Crippen LogP contribution >= 0.6 is 15.9 Å². The average molecular weight is 440 g/mol. The Hall–Kier alpha value is -2.17. The van der Waals surface area contributed by atoms with E-state index in [1.165, 1.54) is 0 Å². The topological polar surface area (TPSA) is 102 Å². The summed E-state index contributed by atoms with van der Waals surface area (Å²) in [5, 5.41) is 9.49. The zero-order valence-corrected chi connectivity index (χ0v) is 16.4. The van der Waals surface area contributed by atoms with Crippen LogP contribution in [-0.4, -0.2) is 72.4 Å². The summed E-state index contributed by atoms with van der Waals surface area (Å²) in [6, 6.07) is 3.30. The molecule has 2 N–H and O–H groups in total. The number of carbonyl (C=O) groups is 2. The van der Waals surface area contributed by atoms with Crippen LogP contribution in [0.4, 0.5) is 0 Å². The van der Waals surface area contributed by atoms with Crippen molar-refractivity contribution in [1.29, 1.82) is 0 Å². The van der Waals surface area contributed by atoms with Crippen LogP contribution < -0.4 is 10.6 Å². The Morgan fingerprint density at radius 3 is 2.78 bits per heavy atom. The van der Waals surface area contributed by atoms with E-state index in [0.29, 0.717) is 18.8 Å². The molecule has 3 rings (SSSR count). The van der Waals surface area contributed by atoms with Crippen LogP contribution in [0.25, 0.3) is 0 Å². The lowest BCUT2D eigenvalue weighted by atomic mass is 10.4. The first-order chi connectivity index (χ1) is 13.1. The second kappa shape index (κ2) is 9.67. The fraction of sp³-hybridized carbons (Fsp3) is 0.471. The van der Waals surface area contributed by atoms with Gasteiger partial charge in [0.25, 0.3) is 5.91 Å². The molecule has 1 aliphatic heterocycles. The van der Waals surface area contributed by atoms with Crippen molar-refractivity contribution in [3.63, 3.8) is 0 Å². The molecule has 27 heavy (non-hydrogen) atoms. The van der Waals surface area contributed by atoms with E-state index in [1.54, 1.807) is 23.0 Å². The first-order valence-electron chi connectivity index (χ1n) is 8.72. The Morgan fingerprint density at radius 2 is 2.04 bits per heavy atom. The van der Waals surface area contributed by atoms with Crippen molar-refractivity contribution in [1.82, 2.24) is 25.3 Å². The van der Waals surface area contributed by atoms with Crippen molar-refractivity contribution in [2.75, 3.05) is 45.9 Å². The Labute approximate surface area is 165 Å². The summed E-state index contributed by atoms with van der Waals surface area (Å²) < 4.78 is 13.3. The number of halogens is 1. The number of carbonyl (C=O) groups excluding carboxylic acids is 2. The number of hydrogen-bond donors (Lipinski definition) is 2. The highest BCUT2D eigenvalue weighted by Crippen LogP contribution is 2.12. The second-order valence-electron chi connectivity index (χ2n) is 6.11. The van der Waals surface area contributed by atoms with Gasteiger partial charge in [-0.2, -0.15) is 5.10 Å². The Morgan fingerprint density at radius 1 is 1.22 bits per heavy atom. The van der Waals surface area contributed by atoms with Crippen LogP contribution in [0.1, 0.15) is 16.3 Å². The number of amides is 2. The molecule has 1 saturated heterocycles. The van der Waals surface area contributed by atoms with Gasteiger partial charge in [-0.05, 0) is 28.1 Å². The quantitative estimate of drug-likeness (QED) is 0.619. The third-order valence-corrected chi connectivity index (χ3v) is 4.48. The minimum Gasteiger partial charge on any atom is -0.454 e. The van der Waals surface area contributed by atoms with Crippen LogP contribution in [0.2, 0.25) is 0 Å². The van der Waals surface area contributed by atoms with E-state index in [0.717, 1.165) is 37.3 Å². The number of rotatable bonds is 8. The van der Waals surface area contributed by atoms with Gasteiger partial charge in [0, 0.05) is 32.4 Å². The van der Waals surface area contributed by atoms with Crippen molar-refractivity contribution in [3.05, 3.63) is 40.5 Å². The summed E-state index contributed by atoms with van der Waals surface area (Å²) in [5.41, 5.74) is 0. The number of nitrogens with zero attached hydrogens (tertiary/aromatic N) is 3. The average Bonchev–Trinajstić information content (AvgIpc) is 3.30. The van der Waals surface area contributed by atoms with Crippen molar-refractivity contribution < 1.29 is 18.7 Å². The molecule has 2 aromatic heterocycles. The van der Waals surface area contributed by atoms with Gasteiger partial charge >= 0.3 is 0 Å². The van der Waals surface area contributed by atoms with E-state index in [9.17, 15) is 9.59 Å². The minimum atomic E-state index is -0.425. The molecule has 0 atom stereocenters. The van der Waals surface area contributed by atoms with Crippen LogP contribution in [0, 0.1) is 0 Å². The van der Waals surface area contributed by atoms with Gasteiger partial charge in [-0.3, -0.25) is 19.2 Å². The molecule has 0 aliphatic carbocycles. The fourth-order valence-corrected chi connectivity index (χ4v) is 2.99. The highest BCUT2D eigenvalue weighted by Gasteiger charge is 2.14. The molecule has 10 heteroatoms. The monoisotopic (exact) mass is 439 g/mol. The summed E-state index contributed by atoms with van der Waals surface area (Å²) in [6.07, 6.45) is 3.48. The minimum absolute atomic E-state index is 0.0932. The van der Waals surface area contributed by atoms with Gasteiger partial charge in [0.05, 0.1) is 37.0 Å². The lowest BCUT2D eigenvalue weighted by Gasteiger charge is -2.26. The van der Waals surface area contributed by atoms with Gasteiger partial charge in [-0.15, -0.1) is 0 Å². The molecule has 1 fully saturated rings. The Bertz CT molecular complexity index is 769. The molecule has 0 bridgehead atoms. The number of nitrogens with one attached hydrogen (secondary N) is 2. The highest BCUT2D eigenvalue weighted by atomic mass is 79.9. The first-order valence-corrected chi connectivity index (χ1v) is 9.51. The maximum atomic E-state index is 12.1. The summed E-state index contributed by atoms with van der Waals surface area (Å²) in [5.74, 6) is 0.110. The van der Waals surface area contributed by atoms with Crippen LogP contribution in [0.5, 0.6) is 0 Å². The summed E-state index contributed by atoms with van der Waals surface area (Å²) in [6.45, 7) is 4.85. The lowest BCUT2D eigenvalue weighted by Crippen LogP contribution is -2.43. The van der Waals surface area contributed by atoms with Crippen molar-refractivity contribution in [3.8, 4) is 0 Å². The first kappa shape index (κ1) is 19.6. The standard InChI is InChI=1S/C17H22BrN5O4/c18-13-9-21-23(11-13)12-14-1-2-15(27-14)17(25)20-10-16(24)19-3-4-22-5-7-26-8-6-22/h1-2,9,11H,3-8,10,12H2,(H,19,24)(H,20,25). The van der Waals surface area contributed by atoms with Crippen molar-refractivity contribution in [2.24, 2.45) is 0 Å². The fourth-order valence-electron chi connectivity index (χ4n) is 2.66. The molecule has 9 nitrogen and oxygen atoms in total. The normalized spacial score (nSPS) is 14.9. The zero-order chi connectivity index (χ0) is 19.1. The van der Waals surface area contributed by atoms with Crippen LogP contribution in [0.15, 0.2) is 33.4 Å².